The lowest BCUT2D eigenvalue weighted by Crippen LogP contribution is -2.63. The minimum atomic E-state index is -4.85. The van der Waals surface area contributed by atoms with Crippen LogP contribution in [0.5, 0.6) is 0 Å². The number of alkyl halides is 3. The molecule has 0 saturated carbocycles. The maximum absolute atomic E-state index is 13.6. The number of piperazine rings is 2. The average molecular weight is 601 g/mol. The lowest BCUT2D eigenvalue weighted by molar-refractivity contribution is -0.258. The zero-order chi connectivity index (χ0) is 29.5. The van der Waals surface area contributed by atoms with Gasteiger partial charge in [0.05, 0.1) is 17.0 Å². The highest BCUT2D eigenvalue weighted by Gasteiger charge is 2.51. The molecule has 2 N–H and O–H groups in total. The van der Waals surface area contributed by atoms with E-state index in [0.717, 1.165) is 0 Å². The van der Waals surface area contributed by atoms with E-state index in [4.69, 9.17) is 12.2 Å². The third-order valence-electron chi connectivity index (χ3n) is 7.78. The van der Waals surface area contributed by atoms with Gasteiger partial charge in [0.2, 0.25) is 15.9 Å². The molecule has 1 aromatic carbocycles. The summed E-state index contributed by atoms with van der Waals surface area (Å²) in [6.45, 7) is 6.57. The van der Waals surface area contributed by atoms with Crippen molar-refractivity contribution < 1.29 is 31.5 Å². The van der Waals surface area contributed by atoms with Crippen molar-refractivity contribution >= 4 is 38.7 Å². The van der Waals surface area contributed by atoms with Crippen molar-refractivity contribution in [2.75, 3.05) is 44.2 Å². The highest BCUT2D eigenvalue weighted by molar-refractivity contribution is 7.96. The van der Waals surface area contributed by atoms with Crippen molar-refractivity contribution in [1.29, 1.82) is 0 Å². The number of carbonyl (C=O) groups is 1. The number of allylic oxidation sites excluding steroid dienone is 4. The molecule has 8 nitrogen and oxygen atoms in total. The van der Waals surface area contributed by atoms with Crippen molar-refractivity contribution in [2.45, 2.75) is 51.1 Å². The fraction of sp³-hybridized carbons (Fsp3) is 0.556. The fourth-order valence-corrected chi connectivity index (χ4v) is 7.58. The molecule has 13 heteroatoms. The van der Waals surface area contributed by atoms with Crippen molar-refractivity contribution in [3.8, 4) is 0 Å². The minimum Gasteiger partial charge on any atom is -0.376 e. The van der Waals surface area contributed by atoms with Gasteiger partial charge in [-0.05, 0) is 36.6 Å². The molecule has 2 aliphatic heterocycles. The van der Waals surface area contributed by atoms with Gasteiger partial charge in [0, 0.05) is 56.2 Å². The number of carbonyl (C=O) groups excluding carboxylic acids is 1. The van der Waals surface area contributed by atoms with Gasteiger partial charge in [-0.3, -0.25) is 9.69 Å². The predicted molar refractivity (Wildman–Crippen MR) is 151 cm³/mol. The van der Waals surface area contributed by atoms with Crippen LogP contribution in [-0.2, 0) is 20.4 Å². The Balaban J connectivity index is 1.66. The number of anilines is 1. The molecule has 2 saturated heterocycles. The smallest absolute Gasteiger partial charge is 0.376 e. The van der Waals surface area contributed by atoms with Crippen molar-refractivity contribution in [2.24, 2.45) is 5.92 Å². The maximum Gasteiger partial charge on any atom is 0.421 e. The lowest BCUT2D eigenvalue weighted by atomic mass is 9.95. The normalized spacial score (nSPS) is 25.1. The third-order valence-corrected chi connectivity index (χ3v) is 10.2. The first kappa shape index (κ1) is 30.6. The van der Waals surface area contributed by atoms with E-state index in [1.165, 1.54) is 34.6 Å². The number of sulfonamides is 1. The van der Waals surface area contributed by atoms with Gasteiger partial charge in [-0.15, -0.1) is 0 Å². The Bertz CT molecular complexity index is 1290. The number of amides is 1. The molecule has 2 unspecified atom stereocenters. The highest BCUT2D eigenvalue weighted by atomic mass is 32.2. The van der Waals surface area contributed by atoms with E-state index in [-0.39, 0.29) is 41.9 Å². The zero-order valence-electron chi connectivity index (χ0n) is 22.7. The lowest BCUT2D eigenvalue weighted by Gasteiger charge is -2.46. The van der Waals surface area contributed by atoms with Crippen LogP contribution in [0.1, 0.15) is 32.8 Å². The van der Waals surface area contributed by atoms with Crippen molar-refractivity contribution in [1.82, 2.24) is 14.5 Å². The van der Waals surface area contributed by atoms with E-state index in [1.807, 2.05) is 23.6 Å². The predicted octanol–water partition coefficient (Wildman–Crippen LogP) is 2.95. The van der Waals surface area contributed by atoms with Crippen LogP contribution in [0, 0.1) is 5.92 Å². The molecule has 220 valence electrons. The second-order valence-electron chi connectivity index (χ2n) is 10.9. The standard InChI is InChI=1S/C27H35F3N4O4S2/c1-18(2)24-25(35)31-12-13-32(24)16-21-17-33(40(37,38)23-7-5-4-6-22(23)39)14-15-34(21)20-10-8-19(9-11-20)26(3,36)27(28,29)30/h4-5,7-11,18,21,24,36H,6,12-17H2,1-3H3,(H,31,35)/t21-,24?,26?/m0/s1. The molecule has 0 radical (unpaired) electrons. The summed E-state index contributed by atoms with van der Waals surface area (Å²) in [6, 6.07) is 4.71. The summed E-state index contributed by atoms with van der Waals surface area (Å²) < 4.78 is 68.8. The molecule has 3 aliphatic rings. The first-order valence-electron chi connectivity index (χ1n) is 13.2. The Morgan fingerprint density at radius 1 is 1.15 bits per heavy atom. The molecule has 2 heterocycles. The van der Waals surface area contributed by atoms with Gasteiger partial charge >= 0.3 is 6.18 Å². The molecule has 0 aromatic heterocycles. The molecule has 0 bridgehead atoms. The first-order chi connectivity index (χ1) is 18.6. The summed E-state index contributed by atoms with van der Waals surface area (Å²) in [4.78, 5) is 17.2. The highest BCUT2D eigenvalue weighted by Crippen LogP contribution is 2.39. The number of hydrogen-bond donors (Lipinski definition) is 2. The molecular formula is C27H35F3N4O4S2. The van der Waals surface area contributed by atoms with E-state index in [9.17, 15) is 31.5 Å². The van der Waals surface area contributed by atoms with E-state index in [0.29, 0.717) is 43.5 Å². The fourth-order valence-electron chi connectivity index (χ4n) is 5.51. The Kier molecular flexibility index (Phi) is 8.82. The van der Waals surface area contributed by atoms with Gasteiger partial charge in [-0.2, -0.15) is 17.5 Å². The zero-order valence-corrected chi connectivity index (χ0v) is 24.3. The largest absolute Gasteiger partial charge is 0.421 e. The number of rotatable bonds is 7. The van der Waals surface area contributed by atoms with Gasteiger partial charge in [0.1, 0.15) is 0 Å². The third kappa shape index (κ3) is 5.98. The molecular weight excluding hydrogens is 565 g/mol. The number of thiocarbonyl (C=S) groups is 1. The Labute approximate surface area is 238 Å². The SMILES string of the molecule is CC(C)C1C(=O)NCCN1C[C@H]1CN(S(=O)(=O)C2=CC=CCC2=S)CCN1c1ccc(C(C)(O)C(F)(F)F)cc1. The Morgan fingerprint density at radius 3 is 2.42 bits per heavy atom. The van der Waals surface area contributed by atoms with Crippen LogP contribution in [0.2, 0.25) is 0 Å². The van der Waals surface area contributed by atoms with E-state index in [2.05, 4.69) is 5.32 Å². The van der Waals surface area contributed by atoms with Gasteiger partial charge in [0.15, 0.2) is 5.60 Å². The van der Waals surface area contributed by atoms with Crippen molar-refractivity contribution in [3.05, 3.63) is 53.0 Å². The molecule has 1 aromatic rings. The van der Waals surface area contributed by atoms with Crippen LogP contribution in [0.3, 0.4) is 0 Å². The summed E-state index contributed by atoms with van der Waals surface area (Å²) in [7, 11) is -3.88. The first-order valence-corrected chi connectivity index (χ1v) is 15.1. The molecule has 0 spiro atoms. The van der Waals surface area contributed by atoms with Gasteiger partial charge in [-0.1, -0.05) is 50.4 Å². The maximum atomic E-state index is 13.6. The van der Waals surface area contributed by atoms with E-state index in [1.54, 1.807) is 12.2 Å². The minimum absolute atomic E-state index is 0.0117. The van der Waals surface area contributed by atoms with E-state index >= 15 is 0 Å². The molecule has 3 atom stereocenters. The number of aliphatic hydroxyl groups is 1. The second-order valence-corrected chi connectivity index (χ2v) is 13.3. The number of nitrogens with zero attached hydrogens (tertiary/aromatic N) is 3. The van der Waals surface area contributed by atoms with Crippen LogP contribution in [0.4, 0.5) is 18.9 Å². The summed E-state index contributed by atoms with van der Waals surface area (Å²) in [5, 5.41) is 13.0. The molecule has 2 fully saturated rings. The number of hydrogen-bond acceptors (Lipinski definition) is 7. The monoisotopic (exact) mass is 600 g/mol. The number of nitrogens with one attached hydrogen (secondary N) is 1. The van der Waals surface area contributed by atoms with Gasteiger partial charge in [-0.25, -0.2) is 8.42 Å². The Morgan fingerprint density at radius 2 is 1.82 bits per heavy atom. The number of benzene rings is 1. The number of halogens is 3. The van der Waals surface area contributed by atoms with Crippen LogP contribution in [0.25, 0.3) is 0 Å². The van der Waals surface area contributed by atoms with Crippen LogP contribution < -0.4 is 10.2 Å². The summed E-state index contributed by atoms with van der Waals surface area (Å²) in [6.07, 6.45) is 0.512. The van der Waals surface area contributed by atoms with Crippen LogP contribution >= 0.6 is 12.2 Å². The van der Waals surface area contributed by atoms with Crippen molar-refractivity contribution in [3.63, 3.8) is 0 Å². The van der Waals surface area contributed by atoms with Gasteiger partial charge < -0.3 is 15.3 Å². The van der Waals surface area contributed by atoms with Gasteiger partial charge in [0.25, 0.3) is 0 Å². The van der Waals surface area contributed by atoms with Crippen LogP contribution in [0.15, 0.2) is 47.4 Å². The second kappa shape index (κ2) is 11.5. The molecule has 1 aliphatic carbocycles. The Hall–Kier alpha value is -2.32. The molecule has 1 amide bonds. The average Bonchev–Trinajstić information content (AvgIpc) is 2.88. The molecule has 40 heavy (non-hydrogen) atoms. The summed E-state index contributed by atoms with van der Waals surface area (Å²) in [5.74, 6) is -0.0751. The quantitative estimate of drug-likeness (QED) is 0.465. The summed E-state index contributed by atoms with van der Waals surface area (Å²) >= 11 is 5.34. The molecule has 4 rings (SSSR count). The topological polar surface area (TPSA) is 93.2 Å². The summed E-state index contributed by atoms with van der Waals surface area (Å²) in [5.41, 5.74) is -2.70. The van der Waals surface area contributed by atoms with Crippen LogP contribution in [-0.4, -0.2) is 91.0 Å². The van der Waals surface area contributed by atoms with E-state index < -0.39 is 33.9 Å².